The van der Waals surface area contributed by atoms with E-state index in [0.29, 0.717) is 6.42 Å². The molecule has 1 unspecified atom stereocenters. The van der Waals surface area contributed by atoms with Crippen molar-refractivity contribution in [3.05, 3.63) is 12.2 Å². The van der Waals surface area contributed by atoms with Crippen LogP contribution in [-0.4, -0.2) is 26.3 Å². The number of hydrogen-bond donors (Lipinski definition) is 0. The Morgan fingerprint density at radius 1 is 1.00 bits per heavy atom. The van der Waals surface area contributed by atoms with Gasteiger partial charge in [-0.3, -0.25) is 4.79 Å². The van der Waals surface area contributed by atoms with Crippen molar-refractivity contribution in [3.8, 4) is 0 Å². The van der Waals surface area contributed by atoms with E-state index in [1.807, 2.05) is 0 Å². The van der Waals surface area contributed by atoms with Crippen LogP contribution in [0.3, 0.4) is 0 Å². The lowest BCUT2D eigenvalue weighted by atomic mass is 9.87. The minimum Gasteiger partial charge on any atom is -0.469 e. The molecule has 124 valence electrons. The van der Waals surface area contributed by atoms with Crippen molar-refractivity contribution in [2.24, 2.45) is 5.41 Å². The summed E-state index contributed by atoms with van der Waals surface area (Å²) in [4.78, 5) is 10.9. The number of carbonyl (C=O) groups excluding carboxylic acids is 1. The number of ether oxygens (including phenoxy) is 2. The van der Waals surface area contributed by atoms with Gasteiger partial charge in [0.25, 0.3) is 0 Å². The fraction of sp³-hybridized carbons (Fsp3) is 0.833. The van der Waals surface area contributed by atoms with Crippen LogP contribution in [-0.2, 0) is 14.3 Å². The number of hydrogen-bond acceptors (Lipinski definition) is 3. The molecule has 0 bridgehead atoms. The average molecular weight is 298 g/mol. The second-order valence-corrected chi connectivity index (χ2v) is 6.68. The van der Waals surface area contributed by atoms with Crippen molar-refractivity contribution in [2.45, 2.75) is 78.2 Å². The maximum Gasteiger partial charge on any atom is 0.305 e. The Kier molecular flexibility index (Phi) is 11.3. The van der Waals surface area contributed by atoms with Crippen LogP contribution in [0.5, 0.6) is 0 Å². The lowest BCUT2D eigenvalue weighted by Gasteiger charge is -2.28. The maximum atomic E-state index is 10.9. The maximum absolute atomic E-state index is 10.9. The highest BCUT2D eigenvalue weighted by molar-refractivity contribution is 5.68. The number of unbranched alkanes of at least 4 members (excludes halogenated alkanes) is 5. The van der Waals surface area contributed by atoms with Gasteiger partial charge in [0.05, 0.1) is 13.2 Å². The second kappa shape index (κ2) is 11.8. The Hall–Kier alpha value is -0.830. The zero-order chi connectivity index (χ0) is 16.1. The van der Waals surface area contributed by atoms with Crippen molar-refractivity contribution >= 4 is 5.97 Å². The summed E-state index contributed by atoms with van der Waals surface area (Å²) in [5, 5.41) is 0. The van der Waals surface area contributed by atoms with Gasteiger partial charge in [-0.2, -0.15) is 0 Å². The van der Waals surface area contributed by atoms with Crippen LogP contribution in [0.15, 0.2) is 12.2 Å². The molecule has 3 heteroatoms. The van der Waals surface area contributed by atoms with Gasteiger partial charge >= 0.3 is 5.97 Å². The lowest BCUT2D eigenvalue weighted by Crippen LogP contribution is -2.27. The molecule has 21 heavy (non-hydrogen) atoms. The number of carbonyl (C=O) groups is 1. The summed E-state index contributed by atoms with van der Waals surface area (Å²) >= 11 is 0. The lowest BCUT2D eigenvalue weighted by molar-refractivity contribution is -0.140. The Morgan fingerprint density at radius 2 is 1.62 bits per heavy atom. The van der Waals surface area contributed by atoms with Crippen LogP contribution < -0.4 is 0 Å². The molecular weight excluding hydrogens is 264 g/mol. The van der Waals surface area contributed by atoms with Crippen LogP contribution >= 0.6 is 0 Å². The Bertz CT molecular complexity index is 289. The molecule has 0 fully saturated rings. The van der Waals surface area contributed by atoms with Gasteiger partial charge in [0.2, 0.25) is 0 Å². The predicted molar refractivity (Wildman–Crippen MR) is 88.3 cm³/mol. The molecule has 0 rings (SSSR count). The highest BCUT2D eigenvalue weighted by Crippen LogP contribution is 2.24. The molecule has 0 saturated carbocycles. The summed E-state index contributed by atoms with van der Waals surface area (Å²) in [7, 11) is 3.24. The highest BCUT2D eigenvalue weighted by Gasteiger charge is 2.22. The molecule has 0 aliphatic carbocycles. The predicted octanol–water partition coefficient (Wildman–Crippen LogP) is 4.90. The quantitative estimate of drug-likeness (QED) is 0.309. The third-order valence-corrected chi connectivity index (χ3v) is 3.75. The molecule has 0 aromatic carbocycles. The van der Waals surface area contributed by atoms with Crippen molar-refractivity contribution in [1.82, 2.24) is 0 Å². The van der Waals surface area contributed by atoms with Crippen LogP contribution in [0, 0.1) is 5.41 Å². The molecule has 0 N–H and O–H groups in total. The fourth-order valence-electron chi connectivity index (χ4n) is 2.30. The largest absolute Gasteiger partial charge is 0.469 e. The topological polar surface area (TPSA) is 35.5 Å². The highest BCUT2D eigenvalue weighted by atomic mass is 16.5. The zero-order valence-corrected chi connectivity index (χ0v) is 14.6. The summed E-state index contributed by atoms with van der Waals surface area (Å²) in [6.45, 7) is 6.63. The summed E-state index contributed by atoms with van der Waals surface area (Å²) in [6.07, 6.45) is 13.2. The van der Waals surface area contributed by atoms with E-state index in [9.17, 15) is 4.79 Å². The normalized spacial score (nSPS) is 13.6. The van der Waals surface area contributed by atoms with E-state index in [0.717, 1.165) is 25.7 Å². The van der Waals surface area contributed by atoms with Crippen LogP contribution in [0.25, 0.3) is 0 Å². The number of methoxy groups -OCH3 is 2. The van der Waals surface area contributed by atoms with Gasteiger partial charge in [-0.15, -0.1) is 0 Å². The summed E-state index contributed by atoms with van der Waals surface area (Å²) in [5.74, 6) is -0.0931. The van der Waals surface area contributed by atoms with Crippen LogP contribution in [0.2, 0.25) is 0 Å². The smallest absolute Gasteiger partial charge is 0.305 e. The van der Waals surface area contributed by atoms with Gasteiger partial charge in [-0.25, -0.2) is 0 Å². The van der Waals surface area contributed by atoms with E-state index in [1.54, 1.807) is 7.11 Å². The summed E-state index contributed by atoms with van der Waals surface area (Å²) in [6, 6.07) is 0. The van der Waals surface area contributed by atoms with E-state index < -0.39 is 0 Å². The SMILES string of the molecule is COC(=O)CCCCCCC/C=C\CC(OC)C(C)(C)C. The first-order valence-corrected chi connectivity index (χ1v) is 8.16. The number of rotatable bonds is 11. The first-order valence-electron chi connectivity index (χ1n) is 8.16. The Morgan fingerprint density at radius 3 is 2.19 bits per heavy atom. The van der Waals surface area contributed by atoms with E-state index in [-0.39, 0.29) is 17.5 Å². The van der Waals surface area contributed by atoms with E-state index in [2.05, 4.69) is 37.7 Å². The standard InChI is InChI=1S/C18H34O3/c1-18(2,3)16(20-4)14-12-10-8-6-7-9-11-13-15-17(19)21-5/h10,12,16H,6-9,11,13-15H2,1-5H3/b12-10-. The average Bonchev–Trinajstić information content (AvgIpc) is 2.43. The van der Waals surface area contributed by atoms with Gasteiger partial charge in [-0.1, -0.05) is 52.2 Å². The number of allylic oxidation sites excluding steroid dienone is 1. The molecule has 1 atom stereocenters. The second-order valence-electron chi connectivity index (χ2n) is 6.68. The zero-order valence-electron chi connectivity index (χ0n) is 14.6. The van der Waals surface area contributed by atoms with Crippen LogP contribution in [0.1, 0.15) is 72.1 Å². The molecular formula is C18H34O3. The van der Waals surface area contributed by atoms with Gasteiger partial charge in [-0.05, 0) is 31.1 Å². The molecule has 0 spiro atoms. The molecule has 0 amide bonds. The molecule has 0 aromatic heterocycles. The molecule has 0 radical (unpaired) electrons. The van der Waals surface area contributed by atoms with E-state index in [1.165, 1.54) is 26.4 Å². The first kappa shape index (κ1) is 20.2. The van der Waals surface area contributed by atoms with Crippen LogP contribution in [0.4, 0.5) is 0 Å². The minimum absolute atomic E-state index is 0.0931. The molecule has 0 heterocycles. The van der Waals surface area contributed by atoms with Crippen molar-refractivity contribution in [1.29, 1.82) is 0 Å². The third-order valence-electron chi connectivity index (χ3n) is 3.75. The van der Waals surface area contributed by atoms with Gasteiger partial charge in [0, 0.05) is 13.5 Å². The van der Waals surface area contributed by atoms with Crippen molar-refractivity contribution in [3.63, 3.8) is 0 Å². The van der Waals surface area contributed by atoms with Crippen molar-refractivity contribution < 1.29 is 14.3 Å². The number of esters is 1. The minimum atomic E-state index is -0.0931. The third kappa shape index (κ3) is 11.5. The monoisotopic (exact) mass is 298 g/mol. The van der Waals surface area contributed by atoms with E-state index >= 15 is 0 Å². The fourth-order valence-corrected chi connectivity index (χ4v) is 2.30. The van der Waals surface area contributed by atoms with Gasteiger partial charge in [0.15, 0.2) is 0 Å². The molecule has 3 nitrogen and oxygen atoms in total. The van der Waals surface area contributed by atoms with Gasteiger partial charge < -0.3 is 9.47 Å². The molecule has 0 aromatic rings. The molecule has 0 aliphatic rings. The Balaban J connectivity index is 3.50. The van der Waals surface area contributed by atoms with Crippen molar-refractivity contribution in [2.75, 3.05) is 14.2 Å². The van der Waals surface area contributed by atoms with Gasteiger partial charge in [0.1, 0.15) is 0 Å². The molecule has 0 saturated heterocycles. The summed E-state index contributed by atoms with van der Waals surface area (Å²) < 4.78 is 10.1. The van der Waals surface area contributed by atoms with E-state index in [4.69, 9.17) is 4.74 Å². The summed E-state index contributed by atoms with van der Waals surface area (Å²) in [5.41, 5.74) is 0.193. The molecule has 0 aliphatic heterocycles. The first-order chi connectivity index (χ1) is 9.91. The Labute approximate surface area is 131 Å².